The van der Waals surface area contributed by atoms with E-state index < -0.39 is 0 Å². The van der Waals surface area contributed by atoms with Crippen molar-refractivity contribution in [3.8, 4) is 0 Å². The summed E-state index contributed by atoms with van der Waals surface area (Å²) in [5.41, 5.74) is 3.89. The van der Waals surface area contributed by atoms with Gasteiger partial charge < -0.3 is 9.88 Å². The maximum atomic E-state index is 12.3. The molecular formula is C18H21N3O. The molecule has 0 spiro atoms. The van der Waals surface area contributed by atoms with E-state index in [0.717, 1.165) is 13.1 Å². The van der Waals surface area contributed by atoms with E-state index in [2.05, 4.69) is 58.4 Å². The van der Waals surface area contributed by atoms with Gasteiger partial charge in [-0.15, -0.1) is 0 Å². The van der Waals surface area contributed by atoms with Crippen LogP contribution in [0.2, 0.25) is 0 Å². The van der Waals surface area contributed by atoms with Gasteiger partial charge in [0.1, 0.15) is 0 Å². The lowest BCUT2D eigenvalue weighted by atomic mass is 9.85. The summed E-state index contributed by atoms with van der Waals surface area (Å²) in [6.45, 7) is 4.40. The van der Waals surface area contributed by atoms with Crippen LogP contribution in [-0.2, 0) is 11.3 Å². The highest BCUT2D eigenvalue weighted by Crippen LogP contribution is 2.38. The first-order valence-electron chi connectivity index (χ1n) is 7.97. The van der Waals surface area contributed by atoms with Gasteiger partial charge in [-0.1, -0.05) is 24.3 Å². The van der Waals surface area contributed by atoms with Crippen LogP contribution in [0.1, 0.15) is 12.5 Å². The molecule has 2 atom stereocenters. The predicted octanol–water partition coefficient (Wildman–Crippen LogP) is 2.10. The number of likely N-dealkylation sites (N-methyl/N-ethyl adjacent to an activating group) is 1. The Balaban J connectivity index is 1.84. The van der Waals surface area contributed by atoms with E-state index in [1.165, 1.54) is 22.0 Å². The van der Waals surface area contributed by atoms with Crippen LogP contribution in [0, 0.1) is 5.92 Å². The number of amides is 1. The zero-order chi connectivity index (χ0) is 15.3. The smallest absolute Gasteiger partial charge is 0.228 e. The minimum absolute atomic E-state index is 0.0621. The van der Waals surface area contributed by atoms with Gasteiger partial charge in [0, 0.05) is 36.8 Å². The molecule has 114 valence electrons. The van der Waals surface area contributed by atoms with Crippen LogP contribution in [0.3, 0.4) is 0 Å². The van der Waals surface area contributed by atoms with Gasteiger partial charge in [0.05, 0.1) is 17.5 Å². The fourth-order valence-corrected chi connectivity index (χ4v) is 3.86. The van der Waals surface area contributed by atoms with Crippen LogP contribution in [0.15, 0.2) is 36.5 Å². The van der Waals surface area contributed by atoms with Crippen molar-refractivity contribution in [3.05, 3.63) is 42.1 Å². The first-order chi connectivity index (χ1) is 10.7. The normalized spacial score (nSPS) is 24.0. The summed E-state index contributed by atoms with van der Waals surface area (Å²) < 4.78 is 2.34. The predicted molar refractivity (Wildman–Crippen MR) is 88.5 cm³/mol. The highest BCUT2D eigenvalue weighted by atomic mass is 16.1. The monoisotopic (exact) mass is 295 g/mol. The number of carbonyl (C=O) groups excluding carboxylic acids is 1. The first kappa shape index (κ1) is 13.6. The van der Waals surface area contributed by atoms with Crippen LogP contribution in [0.25, 0.3) is 16.5 Å². The third-order valence-electron chi connectivity index (χ3n) is 4.91. The van der Waals surface area contributed by atoms with E-state index in [9.17, 15) is 4.79 Å². The summed E-state index contributed by atoms with van der Waals surface area (Å²) in [5, 5.41) is 4.23. The maximum Gasteiger partial charge on any atom is 0.228 e. The molecule has 4 heteroatoms. The van der Waals surface area contributed by atoms with Gasteiger partial charge in [-0.3, -0.25) is 9.69 Å². The zero-order valence-electron chi connectivity index (χ0n) is 13.0. The van der Waals surface area contributed by atoms with Crippen molar-refractivity contribution in [1.82, 2.24) is 14.8 Å². The summed E-state index contributed by atoms with van der Waals surface area (Å²) in [6, 6.07) is 8.99. The van der Waals surface area contributed by atoms with Gasteiger partial charge in [-0.25, -0.2) is 0 Å². The Morgan fingerprint density at radius 1 is 1.32 bits per heavy atom. The van der Waals surface area contributed by atoms with Crippen molar-refractivity contribution >= 4 is 22.4 Å². The number of aromatic nitrogens is 1. The lowest BCUT2D eigenvalue weighted by molar-refractivity contribution is -0.124. The number of fused-ring (bicyclic) bond motifs is 2. The second-order valence-corrected chi connectivity index (χ2v) is 6.29. The molecule has 1 amide bonds. The van der Waals surface area contributed by atoms with Gasteiger partial charge >= 0.3 is 0 Å². The summed E-state index contributed by atoms with van der Waals surface area (Å²) in [6.07, 6.45) is 4.37. The second kappa shape index (κ2) is 4.99. The van der Waals surface area contributed by atoms with Crippen LogP contribution < -0.4 is 5.32 Å². The Kier molecular flexibility index (Phi) is 3.08. The summed E-state index contributed by atoms with van der Waals surface area (Å²) in [4.78, 5) is 14.6. The Hall–Kier alpha value is -2.07. The summed E-state index contributed by atoms with van der Waals surface area (Å²) >= 11 is 0. The molecule has 0 saturated carbocycles. The van der Waals surface area contributed by atoms with Crippen LogP contribution in [-0.4, -0.2) is 41.6 Å². The van der Waals surface area contributed by atoms with Gasteiger partial charge in [0.25, 0.3) is 0 Å². The van der Waals surface area contributed by atoms with E-state index >= 15 is 0 Å². The second-order valence-electron chi connectivity index (χ2n) is 6.29. The molecular weight excluding hydrogens is 274 g/mol. The Bertz CT molecular complexity index is 774. The highest BCUT2D eigenvalue weighted by molar-refractivity contribution is 5.96. The van der Waals surface area contributed by atoms with Crippen LogP contribution in [0.5, 0.6) is 0 Å². The first-order valence-corrected chi connectivity index (χ1v) is 7.97. The molecule has 0 fully saturated rings. The van der Waals surface area contributed by atoms with Crippen molar-refractivity contribution in [2.24, 2.45) is 5.92 Å². The average molecular weight is 295 g/mol. The third-order valence-corrected chi connectivity index (χ3v) is 4.91. The number of carbonyl (C=O) groups is 1. The molecule has 1 aromatic carbocycles. The summed E-state index contributed by atoms with van der Waals surface area (Å²) in [5.74, 6) is 0.0707. The number of rotatable bonds is 2. The van der Waals surface area contributed by atoms with Crippen molar-refractivity contribution in [2.45, 2.75) is 19.5 Å². The third kappa shape index (κ3) is 1.91. The van der Waals surface area contributed by atoms with Crippen molar-refractivity contribution in [1.29, 1.82) is 0 Å². The van der Waals surface area contributed by atoms with Crippen molar-refractivity contribution in [2.75, 3.05) is 20.1 Å². The number of hydrogen-bond donors (Lipinski definition) is 1. The van der Waals surface area contributed by atoms with Crippen molar-refractivity contribution < 1.29 is 4.79 Å². The molecule has 3 heterocycles. The van der Waals surface area contributed by atoms with Crippen molar-refractivity contribution in [3.63, 3.8) is 0 Å². The van der Waals surface area contributed by atoms with Crippen LogP contribution >= 0.6 is 0 Å². The molecule has 2 aromatic rings. The molecule has 22 heavy (non-hydrogen) atoms. The minimum Gasteiger partial charge on any atom is -0.356 e. The number of para-hydroxylation sites is 1. The number of nitrogens with zero attached hydrogens (tertiary/aromatic N) is 2. The molecule has 0 radical (unpaired) electrons. The number of hydrogen-bond acceptors (Lipinski definition) is 2. The average Bonchev–Trinajstić information content (AvgIpc) is 2.93. The van der Waals surface area contributed by atoms with Gasteiger partial charge in [-0.05, 0) is 25.6 Å². The van der Waals surface area contributed by atoms with E-state index in [-0.39, 0.29) is 11.8 Å². The Morgan fingerprint density at radius 3 is 3.00 bits per heavy atom. The molecule has 2 aliphatic rings. The fourth-order valence-electron chi connectivity index (χ4n) is 3.86. The quantitative estimate of drug-likeness (QED) is 0.921. The van der Waals surface area contributed by atoms with E-state index in [4.69, 9.17) is 0 Å². The zero-order valence-corrected chi connectivity index (χ0v) is 13.0. The lowest BCUT2D eigenvalue weighted by Crippen LogP contribution is -2.47. The molecule has 0 bridgehead atoms. The lowest BCUT2D eigenvalue weighted by Gasteiger charge is -2.40. The fraction of sp³-hybridized carbons (Fsp3) is 0.389. The van der Waals surface area contributed by atoms with E-state index in [1.807, 2.05) is 6.92 Å². The Morgan fingerprint density at radius 2 is 2.18 bits per heavy atom. The summed E-state index contributed by atoms with van der Waals surface area (Å²) in [7, 11) is 2.12. The van der Waals surface area contributed by atoms with Crippen LogP contribution in [0.4, 0.5) is 0 Å². The molecule has 0 aliphatic carbocycles. The van der Waals surface area contributed by atoms with Gasteiger partial charge in [0.15, 0.2) is 0 Å². The van der Waals surface area contributed by atoms with Gasteiger partial charge in [0.2, 0.25) is 5.91 Å². The SMILES string of the molecule is CCNC(=O)[C@@H]1C=C2c3cccc4ccn(c34)C[C@@H]2N(C)C1. The molecule has 4 rings (SSSR count). The highest BCUT2D eigenvalue weighted by Gasteiger charge is 2.34. The molecule has 0 unspecified atom stereocenters. The number of nitrogens with one attached hydrogen (secondary N) is 1. The number of benzene rings is 1. The molecule has 0 saturated heterocycles. The standard InChI is InChI=1S/C18H21N3O/c1-3-19-18(22)13-9-15-14-6-4-5-12-7-8-21(17(12)14)11-16(15)20(2)10-13/h4-9,13,16H,3,10-11H2,1-2H3,(H,19,22)/t13-,16+/m1/s1. The van der Waals surface area contributed by atoms with E-state index in [1.54, 1.807) is 0 Å². The maximum absolute atomic E-state index is 12.3. The van der Waals surface area contributed by atoms with Gasteiger partial charge in [-0.2, -0.15) is 0 Å². The molecule has 1 aromatic heterocycles. The minimum atomic E-state index is -0.0621. The topological polar surface area (TPSA) is 37.3 Å². The van der Waals surface area contributed by atoms with E-state index in [0.29, 0.717) is 12.6 Å². The molecule has 2 aliphatic heterocycles. The molecule has 4 nitrogen and oxygen atoms in total. The molecule has 1 N–H and O–H groups in total. The Labute approximate surface area is 130 Å². The largest absolute Gasteiger partial charge is 0.356 e.